The summed E-state index contributed by atoms with van der Waals surface area (Å²) in [6.07, 6.45) is 4.06. The Labute approximate surface area is 120 Å². The normalized spacial score (nSPS) is 22.9. The van der Waals surface area contributed by atoms with Crippen LogP contribution in [-0.2, 0) is 17.9 Å². The first kappa shape index (κ1) is 15.0. The fraction of sp³-hybridized carbons (Fsp3) is 0.733. The van der Waals surface area contributed by atoms with Gasteiger partial charge < -0.3 is 10.4 Å². The van der Waals surface area contributed by atoms with Gasteiger partial charge in [-0.3, -0.25) is 9.48 Å². The first-order valence-corrected chi connectivity index (χ1v) is 7.58. The molecule has 0 spiro atoms. The van der Waals surface area contributed by atoms with Crippen LogP contribution < -0.4 is 5.32 Å². The Bertz CT molecular complexity index is 456. The highest BCUT2D eigenvalue weighted by atomic mass is 16.4. The molecule has 0 radical (unpaired) electrons. The zero-order chi connectivity index (χ0) is 14.5. The Kier molecular flexibility index (Phi) is 5.17. The van der Waals surface area contributed by atoms with Crippen LogP contribution in [-0.4, -0.2) is 27.4 Å². The third-order valence-electron chi connectivity index (χ3n) is 4.22. The molecule has 1 fully saturated rings. The maximum atomic E-state index is 11.3. The molecule has 2 atom stereocenters. The van der Waals surface area contributed by atoms with Gasteiger partial charge in [0.15, 0.2) is 0 Å². The molecule has 1 aromatic heterocycles. The van der Waals surface area contributed by atoms with E-state index in [2.05, 4.69) is 23.4 Å². The molecule has 0 aromatic carbocycles. The lowest BCUT2D eigenvalue weighted by molar-refractivity contribution is -0.144. The molecule has 1 aliphatic carbocycles. The summed E-state index contributed by atoms with van der Waals surface area (Å²) < 4.78 is 2.00. The average molecular weight is 279 g/mol. The number of carboxylic acid groups (broad SMARTS) is 1. The first-order chi connectivity index (χ1) is 9.61. The molecule has 2 rings (SSSR count). The summed E-state index contributed by atoms with van der Waals surface area (Å²) in [5, 5.41) is 17.1. The van der Waals surface area contributed by atoms with Crippen molar-refractivity contribution in [3.8, 4) is 0 Å². The molecular formula is C15H25N3O2. The molecule has 20 heavy (non-hydrogen) atoms. The standard InChI is InChI=1S/C15H25N3O2/c1-3-18-13(8-11(2)17-18)10-16-9-12-6-4-5-7-14(12)15(19)20/h8,12,14,16H,3-7,9-10H2,1-2H3,(H,19,20). The number of carbonyl (C=O) groups is 1. The summed E-state index contributed by atoms with van der Waals surface area (Å²) in [6.45, 7) is 6.49. The highest BCUT2D eigenvalue weighted by Gasteiger charge is 2.30. The van der Waals surface area contributed by atoms with E-state index in [0.29, 0.717) is 0 Å². The van der Waals surface area contributed by atoms with Crippen molar-refractivity contribution in [1.29, 1.82) is 0 Å². The molecule has 1 heterocycles. The highest BCUT2D eigenvalue weighted by Crippen LogP contribution is 2.29. The van der Waals surface area contributed by atoms with E-state index in [-0.39, 0.29) is 11.8 Å². The molecule has 2 N–H and O–H groups in total. The van der Waals surface area contributed by atoms with Crippen LogP contribution in [0.25, 0.3) is 0 Å². The van der Waals surface area contributed by atoms with Crippen LogP contribution in [0.15, 0.2) is 6.07 Å². The van der Waals surface area contributed by atoms with E-state index >= 15 is 0 Å². The van der Waals surface area contributed by atoms with Gasteiger partial charge in [0.25, 0.3) is 0 Å². The van der Waals surface area contributed by atoms with E-state index in [1.165, 1.54) is 5.69 Å². The summed E-state index contributed by atoms with van der Waals surface area (Å²) >= 11 is 0. The number of rotatable bonds is 6. The van der Waals surface area contributed by atoms with Crippen LogP contribution in [0, 0.1) is 18.8 Å². The number of aliphatic carboxylic acids is 1. The number of nitrogens with zero attached hydrogens (tertiary/aromatic N) is 2. The van der Waals surface area contributed by atoms with E-state index in [9.17, 15) is 9.90 Å². The fourth-order valence-electron chi connectivity index (χ4n) is 3.18. The minimum absolute atomic E-state index is 0.172. The van der Waals surface area contributed by atoms with Crippen LogP contribution in [0.1, 0.15) is 44.0 Å². The molecule has 0 saturated heterocycles. The van der Waals surface area contributed by atoms with Crippen LogP contribution >= 0.6 is 0 Å². The smallest absolute Gasteiger partial charge is 0.306 e. The number of hydrogen-bond donors (Lipinski definition) is 2. The van der Waals surface area contributed by atoms with Crippen molar-refractivity contribution in [3.05, 3.63) is 17.5 Å². The summed E-state index contributed by atoms with van der Waals surface area (Å²) in [6, 6.07) is 2.09. The summed E-state index contributed by atoms with van der Waals surface area (Å²) in [5.41, 5.74) is 2.21. The Morgan fingerprint density at radius 2 is 2.25 bits per heavy atom. The molecule has 0 aliphatic heterocycles. The maximum absolute atomic E-state index is 11.3. The average Bonchev–Trinajstić information content (AvgIpc) is 2.79. The number of nitrogens with one attached hydrogen (secondary N) is 1. The molecule has 1 saturated carbocycles. The topological polar surface area (TPSA) is 67.2 Å². The minimum atomic E-state index is -0.633. The second kappa shape index (κ2) is 6.88. The second-order valence-electron chi connectivity index (χ2n) is 5.71. The lowest BCUT2D eigenvalue weighted by Crippen LogP contribution is -2.34. The molecule has 0 bridgehead atoms. The number of aromatic nitrogens is 2. The molecule has 5 heteroatoms. The van der Waals surface area contributed by atoms with Gasteiger partial charge in [-0.05, 0) is 45.2 Å². The van der Waals surface area contributed by atoms with Crippen molar-refractivity contribution < 1.29 is 9.90 Å². The molecular weight excluding hydrogens is 254 g/mol. The Morgan fingerprint density at radius 3 is 2.95 bits per heavy atom. The van der Waals surface area contributed by atoms with Crippen LogP contribution in [0.3, 0.4) is 0 Å². The Hall–Kier alpha value is -1.36. The molecule has 0 amide bonds. The van der Waals surface area contributed by atoms with E-state index in [1.54, 1.807) is 0 Å². The Balaban J connectivity index is 1.86. The van der Waals surface area contributed by atoms with Crippen molar-refractivity contribution in [1.82, 2.24) is 15.1 Å². The van der Waals surface area contributed by atoms with Gasteiger partial charge in [0.1, 0.15) is 0 Å². The predicted molar refractivity (Wildman–Crippen MR) is 77.4 cm³/mol. The van der Waals surface area contributed by atoms with Crippen LogP contribution in [0.5, 0.6) is 0 Å². The van der Waals surface area contributed by atoms with Crippen molar-refractivity contribution in [2.45, 2.75) is 52.6 Å². The number of aryl methyl sites for hydroxylation is 2. The monoisotopic (exact) mass is 279 g/mol. The van der Waals surface area contributed by atoms with Gasteiger partial charge >= 0.3 is 5.97 Å². The highest BCUT2D eigenvalue weighted by molar-refractivity contribution is 5.70. The molecule has 5 nitrogen and oxygen atoms in total. The van der Waals surface area contributed by atoms with Crippen molar-refractivity contribution in [2.75, 3.05) is 6.54 Å². The van der Waals surface area contributed by atoms with Gasteiger partial charge in [0.05, 0.1) is 17.3 Å². The molecule has 2 unspecified atom stereocenters. The fourth-order valence-corrected chi connectivity index (χ4v) is 3.18. The SMILES string of the molecule is CCn1nc(C)cc1CNCC1CCCCC1C(=O)O. The van der Waals surface area contributed by atoms with E-state index < -0.39 is 5.97 Å². The van der Waals surface area contributed by atoms with Gasteiger partial charge in [0, 0.05) is 13.1 Å². The predicted octanol–water partition coefficient (Wildman–Crippen LogP) is 2.19. The van der Waals surface area contributed by atoms with Crippen molar-refractivity contribution in [2.24, 2.45) is 11.8 Å². The maximum Gasteiger partial charge on any atom is 0.306 e. The summed E-state index contributed by atoms with van der Waals surface area (Å²) in [4.78, 5) is 11.3. The largest absolute Gasteiger partial charge is 0.481 e. The quantitative estimate of drug-likeness (QED) is 0.837. The lowest BCUT2D eigenvalue weighted by atomic mass is 9.79. The van der Waals surface area contributed by atoms with E-state index in [1.807, 2.05) is 11.6 Å². The van der Waals surface area contributed by atoms with Gasteiger partial charge in [-0.15, -0.1) is 0 Å². The zero-order valence-corrected chi connectivity index (χ0v) is 12.4. The lowest BCUT2D eigenvalue weighted by Gasteiger charge is -2.28. The van der Waals surface area contributed by atoms with E-state index in [4.69, 9.17) is 0 Å². The third-order valence-corrected chi connectivity index (χ3v) is 4.22. The molecule has 1 aliphatic rings. The van der Waals surface area contributed by atoms with Crippen LogP contribution in [0.2, 0.25) is 0 Å². The van der Waals surface area contributed by atoms with Gasteiger partial charge in [-0.1, -0.05) is 12.8 Å². The summed E-state index contributed by atoms with van der Waals surface area (Å²) in [5.74, 6) is -0.541. The first-order valence-electron chi connectivity index (χ1n) is 7.58. The van der Waals surface area contributed by atoms with Crippen molar-refractivity contribution >= 4 is 5.97 Å². The molecule has 1 aromatic rings. The Morgan fingerprint density at radius 1 is 1.50 bits per heavy atom. The van der Waals surface area contributed by atoms with Crippen LogP contribution in [0.4, 0.5) is 0 Å². The van der Waals surface area contributed by atoms with Gasteiger partial charge in [0.2, 0.25) is 0 Å². The van der Waals surface area contributed by atoms with E-state index in [0.717, 1.165) is 51.0 Å². The second-order valence-corrected chi connectivity index (χ2v) is 5.71. The minimum Gasteiger partial charge on any atom is -0.481 e. The summed E-state index contributed by atoms with van der Waals surface area (Å²) in [7, 11) is 0. The van der Waals surface area contributed by atoms with Gasteiger partial charge in [-0.2, -0.15) is 5.10 Å². The molecule has 112 valence electrons. The van der Waals surface area contributed by atoms with Gasteiger partial charge in [-0.25, -0.2) is 0 Å². The number of hydrogen-bond acceptors (Lipinski definition) is 3. The third kappa shape index (κ3) is 3.60. The number of carboxylic acids is 1. The zero-order valence-electron chi connectivity index (χ0n) is 12.4. The van der Waals surface area contributed by atoms with Crippen molar-refractivity contribution in [3.63, 3.8) is 0 Å².